The van der Waals surface area contributed by atoms with Gasteiger partial charge in [-0.05, 0) is 46.3 Å². The standard InChI is InChI=1S/C23H47N5O7/c1-5-27-14-9-15(28-6-2)19(35-22-17(30)20(26-4)23(3,31)11-32-22)16(29)18(14)34-21-13(25)8-7-12(10-24)33-21/h12-22,26-31H,5-11,24-25H2,1-4H3/t12?,13-,14+,15-,16+,17-,18-,19+,20-,21-,22-,23+/m1/s1. The average Bonchev–Trinajstić information content (AvgIpc) is 2.81. The lowest BCUT2D eigenvalue weighted by Crippen LogP contribution is -2.69. The van der Waals surface area contributed by atoms with E-state index in [0.717, 1.165) is 6.42 Å². The first-order valence-corrected chi connectivity index (χ1v) is 12.9. The summed E-state index contributed by atoms with van der Waals surface area (Å²) in [6.07, 6.45) is -3.44. The molecule has 1 saturated carbocycles. The number of rotatable bonds is 10. The molecule has 1 aliphatic carbocycles. The Hall–Kier alpha value is -0.480. The fourth-order valence-corrected chi connectivity index (χ4v) is 5.53. The van der Waals surface area contributed by atoms with Gasteiger partial charge in [0.25, 0.3) is 0 Å². The van der Waals surface area contributed by atoms with Crippen molar-refractivity contribution in [2.45, 2.75) is 113 Å². The number of hydrogen-bond donors (Lipinski definition) is 8. The molecule has 10 N–H and O–H groups in total. The summed E-state index contributed by atoms with van der Waals surface area (Å²) in [7, 11) is 1.66. The maximum Gasteiger partial charge on any atom is 0.185 e. The normalized spacial score (nSPS) is 47.1. The average molecular weight is 506 g/mol. The lowest BCUT2D eigenvalue weighted by molar-refractivity contribution is -0.308. The predicted octanol–water partition coefficient (Wildman–Crippen LogP) is -2.68. The van der Waals surface area contributed by atoms with Crippen LogP contribution in [-0.2, 0) is 18.9 Å². The van der Waals surface area contributed by atoms with Crippen LogP contribution in [0.3, 0.4) is 0 Å². The summed E-state index contributed by atoms with van der Waals surface area (Å²) in [6.45, 7) is 7.27. The van der Waals surface area contributed by atoms with Crippen LogP contribution >= 0.6 is 0 Å². The van der Waals surface area contributed by atoms with E-state index >= 15 is 0 Å². The maximum absolute atomic E-state index is 11.6. The largest absolute Gasteiger partial charge is 0.388 e. The lowest BCUT2D eigenvalue weighted by atomic mass is 9.83. The first-order valence-electron chi connectivity index (χ1n) is 12.9. The van der Waals surface area contributed by atoms with Crippen LogP contribution < -0.4 is 27.4 Å². The summed E-state index contributed by atoms with van der Waals surface area (Å²) >= 11 is 0. The number of aliphatic hydroxyl groups excluding tert-OH is 2. The Morgan fingerprint density at radius 3 is 2.14 bits per heavy atom. The number of nitrogens with one attached hydrogen (secondary N) is 3. The lowest BCUT2D eigenvalue weighted by Gasteiger charge is -2.49. The third kappa shape index (κ3) is 6.70. The second-order valence-corrected chi connectivity index (χ2v) is 10.2. The molecule has 12 heteroatoms. The zero-order chi connectivity index (χ0) is 25.8. The number of aliphatic hydroxyl groups is 3. The van der Waals surface area contributed by atoms with Crippen LogP contribution in [0.4, 0.5) is 0 Å². The van der Waals surface area contributed by atoms with Gasteiger partial charge in [-0.2, -0.15) is 0 Å². The molecule has 0 bridgehead atoms. The first kappa shape index (κ1) is 29.1. The van der Waals surface area contributed by atoms with Crippen LogP contribution in [0.2, 0.25) is 0 Å². The highest BCUT2D eigenvalue weighted by atomic mass is 16.7. The van der Waals surface area contributed by atoms with E-state index < -0.39 is 48.6 Å². The topological polar surface area (TPSA) is 186 Å². The Morgan fingerprint density at radius 1 is 1.00 bits per heavy atom. The first-order chi connectivity index (χ1) is 16.7. The molecule has 0 radical (unpaired) electrons. The summed E-state index contributed by atoms with van der Waals surface area (Å²) in [5, 5.41) is 42.8. The van der Waals surface area contributed by atoms with E-state index in [4.69, 9.17) is 30.4 Å². The van der Waals surface area contributed by atoms with Crippen molar-refractivity contribution in [3.63, 3.8) is 0 Å². The Balaban J connectivity index is 1.80. The highest BCUT2D eigenvalue weighted by Crippen LogP contribution is 2.32. The van der Waals surface area contributed by atoms with Crippen molar-refractivity contribution in [3.05, 3.63) is 0 Å². The van der Waals surface area contributed by atoms with Gasteiger partial charge in [0, 0.05) is 18.6 Å². The molecule has 0 aromatic carbocycles. The van der Waals surface area contributed by atoms with Crippen LogP contribution in [0.15, 0.2) is 0 Å². The van der Waals surface area contributed by atoms with E-state index in [1.807, 2.05) is 13.8 Å². The number of nitrogens with two attached hydrogens (primary N) is 2. The Kier molecular flexibility index (Phi) is 10.7. The monoisotopic (exact) mass is 505 g/mol. The molecule has 2 aliphatic heterocycles. The van der Waals surface area contributed by atoms with Crippen molar-refractivity contribution in [2.24, 2.45) is 11.5 Å². The molecule has 0 spiro atoms. The minimum Gasteiger partial charge on any atom is -0.388 e. The summed E-state index contributed by atoms with van der Waals surface area (Å²) in [4.78, 5) is 0. The van der Waals surface area contributed by atoms with Crippen LogP contribution in [0.1, 0.15) is 40.0 Å². The molecule has 12 nitrogen and oxygen atoms in total. The second kappa shape index (κ2) is 12.9. The molecule has 3 fully saturated rings. The zero-order valence-electron chi connectivity index (χ0n) is 21.4. The van der Waals surface area contributed by atoms with Gasteiger partial charge in [-0.25, -0.2) is 0 Å². The van der Waals surface area contributed by atoms with Crippen molar-refractivity contribution >= 4 is 0 Å². The summed E-state index contributed by atoms with van der Waals surface area (Å²) in [6, 6.07) is -1.41. The molecule has 0 aromatic heterocycles. The molecule has 0 aromatic rings. The van der Waals surface area contributed by atoms with Crippen LogP contribution in [0.5, 0.6) is 0 Å². The van der Waals surface area contributed by atoms with Crippen molar-refractivity contribution in [1.29, 1.82) is 0 Å². The van der Waals surface area contributed by atoms with Crippen molar-refractivity contribution in [2.75, 3.05) is 33.3 Å². The smallest absolute Gasteiger partial charge is 0.185 e. The summed E-state index contributed by atoms with van der Waals surface area (Å²) < 4.78 is 24.2. The van der Waals surface area contributed by atoms with Gasteiger partial charge in [-0.15, -0.1) is 0 Å². The van der Waals surface area contributed by atoms with Gasteiger partial charge in [0.2, 0.25) is 0 Å². The van der Waals surface area contributed by atoms with Gasteiger partial charge in [0.15, 0.2) is 12.6 Å². The Bertz CT molecular complexity index is 647. The van der Waals surface area contributed by atoms with Crippen LogP contribution in [-0.4, -0.2) is 121 Å². The van der Waals surface area contributed by atoms with E-state index in [1.165, 1.54) is 0 Å². The summed E-state index contributed by atoms with van der Waals surface area (Å²) in [5.41, 5.74) is 10.8. The van der Waals surface area contributed by atoms with Crippen molar-refractivity contribution in [1.82, 2.24) is 16.0 Å². The molecule has 1 unspecified atom stereocenters. The second-order valence-electron chi connectivity index (χ2n) is 10.2. The molecule has 0 amide bonds. The summed E-state index contributed by atoms with van der Waals surface area (Å²) in [5.74, 6) is 0. The quantitative estimate of drug-likeness (QED) is 0.154. The van der Waals surface area contributed by atoms with E-state index in [0.29, 0.717) is 32.5 Å². The molecule has 3 aliphatic rings. The van der Waals surface area contributed by atoms with Gasteiger partial charge in [-0.1, -0.05) is 13.8 Å². The molecule has 35 heavy (non-hydrogen) atoms. The molecule has 12 atom stereocenters. The minimum absolute atomic E-state index is 0.0277. The van der Waals surface area contributed by atoms with E-state index in [9.17, 15) is 15.3 Å². The molecule has 206 valence electrons. The SMILES string of the molecule is CCN[C@H]1C[C@@H](NCC)[C@H](O[C@H]2OC[C@](C)(O)[C@H](NC)[C@H]2O)[C@@H](O)[C@@H]1O[C@H]1OC(CN)CC[C@H]1N. The highest BCUT2D eigenvalue weighted by molar-refractivity contribution is 5.03. The van der Waals surface area contributed by atoms with Crippen LogP contribution in [0, 0.1) is 0 Å². The molecule has 2 heterocycles. The maximum atomic E-state index is 11.6. The van der Waals surface area contributed by atoms with Gasteiger partial charge >= 0.3 is 0 Å². The number of ether oxygens (including phenoxy) is 4. The third-order valence-corrected chi connectivity index (χ3v) is 7.39. The van der Waals surface area contributed by atoms with Crippen LogP contribution in [0.25, 0.3) is 0 Å². The third-order valence-electron chi connectivity index (χ3n) is 7.39. The minimum atomic E-state index is -1.27. The molecule has 2 saturated heterocycles. The van der Waals surface area contributed by atoms with Gasteiger partial charge < -0.3 is 61.7 Å². The van der Waals surface area contributed by atoms with E-state index in [2.05, 4.69) is 16.0 Å². The number of likely N-dealkylation sites (N-methyl/N-ethyl adjacent to an activating group) is 3. The Labute approximate surface area is 208 Å². The predicted molar refractivity (Wildman–Crippen MR) is 129 cm³/mol. The van der Waals surface area contributed by atoms with Gasteiger partial charge in [0.05, 0.1) is 24.8 Å². The fraction of sp³-hybridized carbons (Fsp3) is 1.00. The van der Waals surface area contributed by atoms with Gasteiger partial charge in [0.1, 0.15) is 30.0 Å². The molecule has 3 rings (SSSR count). The molecular formula is C23H47N5O7. The Morgan fingerprint density at radius 2 is 1.60 bits per heavy atom. The van der Waals surface area contributed by atoms with E-state index in [1.54, 1.807) is 14.0 Å². The molecular weight excluding hydrogens is 458 g/mol. The van der Waals surface area contributed by atoms with Gasteiger partial charge in [-0.3, -0.25) is 0 Å². The van der Waals surface area contributed by atoms with E-state index in [-0.39, 0.29) is 30.8 Å². The fourth-order valence-electron chi connectivity index (χ4n) is 5.53. The zero-order valence-corrected chi connectivity index (χ0v) is 21.4. The number of hydrogen-bond acceptors (Lipinski definition) is 12. The highest BCUT2D eigenvalue weighted by Gasteiger charge is 2.51. The van der Waals surface area contributed by atoms with Crippen molar-refractivity contribution < 1.29 is 34.3 Å². The van der Waals surface area contributed by atoms with Crippen molar-refractivity contribution in [3.8, 4) is 0 Å².